The van der Waals surface area contributed by atoms with Gasteiger partial charge in [0.1, 0.15) is 0 Å². The number of nitrogens with zero attached hydrogens (tertiary/aromatic N) is 1. The van der Waals surface area contributed by atoms with Gasteiger partial charge in [-0.25, -0.2) is 13.2 Å². The maximum Gasteiger partial charge on any atom is 0.353 e. The van der Waals surface area contributed by atoms with Crippen molar-refractivity contribution in [3.8, 4) is 0 Å². The van der Waals surface area contributed by atoms with Crippen LogP contribution in [0.1, 0.15) is 19.3 Å². The van der Waals surface area contributed by atoms with E-state index in [-0.39, 0.29) is 23.6 Å². The third-order valence-corrected chi connectivity index (χ3v) is 4.84. The van der Waals surface area contributed by atoms with Gasteiger partial charge >= 0.3 is 5.97 Å². The first-order valence-corrected chi connectivity index (χ1v) is 7.66. The predicted molar refractivity (Wildman–Crippen MR) is 64.4 cm³/mol. The molecule has 0 aromatic carbocycles. The fourth-order valence-corrected chi connectivity index (χ4v) is 3.71. The Hall–Kier alpha value is -1.64. The summed E-state index contributed by atoms with van der Waals surface area (Å²) in [4.78, 5) is 27.1. The minimum absolute atomic E-state index is 0.0852. The summed E-state index contributed by atoms with van der Waals surface area (Å²) in [5, 5.41) is 14.5. The lowest BCUT2D eigenvalue weighted by molar-refractivity contribution is -0.131. The van der Waals surface area contributed by atoms with Crippen molar-refractivity contribution in [2.45, 2.75) is 31.4 Å². The first-order valence-electron chi connectivity index (χ1n) is 5.84. The molecule has 2 atom stereocenters. The molecule has 9 heteroatoms. The molecule has 0 spiro atoms. The number of amides is 1. The molecule has 106 valence electrons. The number of rotatable bonds is 3. The predicted octanol–water partition coefficient (Wildman–Crippen LogP) is -1.09. The van der Waals surface area contributed by atoms with Crippen LogP contribution >= 0.6 is 0 Å². The highest BCUT2D eigenvalue weighted by molar-refractivity contribution is 7.91. The second-order valence-electron chi connectivity index (χ2n) is 4.60. The van der Waals surface area contributed by atoms with Gasteiger partial charge in [0.2, 0.25) is 6.10 Å². The highest BCUT2D eigenvalue weighted by Crippen LogP contribution is 2.15. The topological polar surface area (TPSA) is 122 Å². The van der Waals surface area contributed by atoms with Gasteiger partial charge in [-0.05, 0) is 12.8 Å². The van der Waals surface area contributed by atoms with Gasteiger partial charge in [0, 0.05) is 12.5 Å². The smallest absolute Gasteiger partial charge is 0.353 e. The molecule has 1 amide bonds. The molecule has 0 aliphatic carbocycles. The second-order valence-corrected chi connectivity index (χ2v) is 6.83. The summed E-state index contributed by atoms with van der Waals surface area (Å²) in [5.74, 6) is -1.69. The maximum atomic E-state index is 11.8. The van der Waals surface area contributed by atoms with Crippen LogP contribution in [-0.2, 0) is 24.3 Å². The summed E-state index contributed by atoms with van der Waals surface area (Å²) in [6.07, 6.45) is -0.00331. The van der Waals surface area contributed by atoms with Crippen LogP contribution in [0.2, 0.25) is 0 Å². The molecule has 2 N–H and O–H groups in total. The zero-order chi connectivity index (χ0) is 14.0. The molecule has 2 aliphatic heterocycles. The van der Waals surface area contributed by atoms with Crippen molar-refractivity contribution >= 4 is 27.4 Å². The van der Waals surface area contributed by atoms with Gasteiger partial charge in [-0.2, -0.15) is 0 Å². The monoisotopic (exact) mass is 290 g/mol. The van der Waals surface area contributed by atoms with Crippen LogP contribution < -0.4 is 5.32 Å². The number of oxime groups is 1. The van der Waals surface area contributed by atoms with E-state index in [1.165, 1.54) is 0 Å². The number of hydrogen-bond acceptors (Lipinski definition) is 6. The van der Waals surface area contributed by atoms with Crippen LogP contribution in [0.15, 0.2) is 5.16 Å². The fourth-order valence-electron chi connectivity index (χ4n) is 2.08. The molecular weight excluding hydrogens is 276 g/mol. The van der Waals surface area contributed by atoms with E-state index in [2.05, 4.69) is 10.5 Å². The van der Waals surface area contributed by atoms with Gasteiger partial charge in [-0.1, -0.05) is 5.16 Å². The number of nitrogens with one attached hydrogen (secondary N) is 1. The molecule has 0 aromatic heterocycles. The molecule has 0 aromatic rings. The maximum absolute atomic E-state index is 11.8. The lowest BCUT2D eigenvalue weighted by Crippen LogP contribution is -2.47. The van der Waals surface area contributed by atoms with Crippen LogP contribution in [0.25, 0.3) is 0 Å². The summed E-state index contributed by atoms with van der Waals surface area (Å²) in [7, 11) is -3.10. The van der Waals surface area contributed by atoms with E-state index >= 15 is 0 Å². The highest BCUT2D eigenvalue weighted by Gasteiger charge is 2.34. The zero-order valence-electron chi connectivity index (χ0n) is 10.0. The molecule has 2 aliphatic rings. The minimum atomic E-state index is -3.10. The van der Waals surface area contributed by atoms with Crippen molar-refractivity contribution < 1.29 is 28.0 Å². The van der Waals surface area contributed by atoms with E-state index in [4.69, 9.17) is 9.94 Å². The van der Waals surface area contributed by atoms with Gasteiger partial charge in [-0.15, -0.1) is 0 Å². The Morgan fingerprint density at radius 2 is 2.16 bits per heavy atom. The first-order chi connectivity index (χ1) is 8.87. The van der Waals surface area contributed by atoms with Crippen molar-refractivity contribution in [2.75, 3.05) is 11.5 Å². The van der Waals surface area contributed by atoms with Crippen LogP contribution in [0, 0.1) is 0 Å². The molecule has 0 radical (unpaired) electrons. The van der Waals surface area contributed by atoms with E-state index in [0.29, 0.717) is 12.8 Å². The standard InChI is InChI=1S/C10H14N2O6S/c13-9(8-4-7(10(14)15)12-18-8)11-6-2-1-3-19(16,17)5-6/h6,8H,1-5H2,(H,11,13)(H,14,15). The van der Waals surface area contributed by atoms with Crippen molar-refractivity contribution in [2.24, 2.45) is 5.16 Å². The molecular formula is C10H14N2O6S. The number of carboxylic acids is 1. The number of aliphatic carboxylic acids is 1. The Morgan fingerprint density at radius 1 is 1.42 bits per heavy atom. The number of carboxylic acid groups (broad SMARTS) is 1. The van der Waals surface area contributed by atoms with E-state index in [0.717, 1.165) is 0 Å². The molecule has 1 fully saturated rings. The van der Waals surface area contributed by atoms with E-state index in [1.807, 2.05) is 0 Å². The number of carbonyl (C=O) groups is 2. The first kappa shape index (κ1) is 13.8. The quantitative estimate of drug-likeness (QED) is 0.681. The lowest BCUT2D eigenvalue weighted by atomic mass is 10.1. The van der Waals surface area contributed by atoms with Crippen LogP contribution in [0.3, 0.4) is 0 Å². The number of carbonyl (C=O) groups excluding carboxylic acids is 1. The van der Waals surface area contributed by atoms with Gasteiger partial charge in [0.25, 0.3) is 5.91 Å². The Bertz CT molecular complexity index is 526. The Balaban J connectivity index is 1.87. The van der Waals surface area contributed by atoms with Crippen LogP contribution in [0.4, 0.5) is 0 Å². The highest BCUT2D eigenvalue weighted by atomic mass is 32.2. The Labute approximate surface area is 109 Å². The molecule has 0 bridgehead atoms. The molecule has 0 saturated carbocycles. The third-order valence-electron chi connectivity index (χ3n) is 3.02. The Morgan fingerprint density at radius 3 is 2.74 bits per heavy atom. The SMILES string of the molecule is O=C(O)C1=NOC(C(=O)NC2CCCS(=O)(=O)C2)C1. The minimum Gasteiger partial charge on any atom is -0.477 e. The molecule has 2 rings (SSSR count). The number of sulfone groups is 1. The third kappa shape index (κ3) is 3.43. The average Bonchev–Trinajstić information content (AvgIpc) is 2.76. The fraction of sp³-hybridized carbons (Fsp3) is 0.700. The van der Waals surface area contributed by atoms with Crippen molar-refractivity contribution in [3.05, 3.63) is 0 Å². The summed E-state index contributed by atoms with van der Waals surface area (Å²) in [6, 6.07) is -0.441. The van der Waals surface area contributed by atoms with E-state index in [1.54, 1.807) is 0 Å². The molecule has 1 saturated heterocycles. The summed E-state index contributed by atoms with van der Waals surface area (Å²) < 4.78 is 22.8. The molecule has 19 heavy (non-hydrogen) atoms. The summed E-state index contributed by atoms with van der Waals surface area (Å²) >= 11 is 0. The van der Waals surface area contributed by atoms with Gasteiger partial charge in [-0.3, -0.25) is 4.79 Å². The van der Waals surface area contributed by atoms with Gasteiger partial charge in [0.15, 0.2) is 15.5 Å². The van der Waals surface area contributed by atoms with E-state index < -0.39 is 33.9 Å². The summed E-state index contributed by atoms with van der Waals surface area (Å²) in [5.41, 5.74) is -0.212. The molecule has 2 heterocycles. The van der Waals surface area contributed by atoms with Crippen molar-refractivity contribution in [1.82, 2.24) is 5.32 Å². The zero-order valence-corrected chi connectivity index (χ0v) is 10.9. The molecule has 2 unspecified atom stereocenters. The Kier molecular flexibility index (Phi) is 3.74. The summed E-state index contributed by atoms with van der Waals surface area (Å²) in [6.45, 7) is 0. The van der Waals surface area contributed by atoms with Gasteiger partial charge < -0.3 is 15.3 Å². The van der Waals surface area contributed by atoms with E-state index in [9.17, 15) is 18.0 Å². The number of hydrogen-bond donors (Lipinski definition) is 2. The average molecular weight is 290 g/mol. The van der Waals surface area contributed by atoms with Gasteiger partial charge in [0.05, 0.1) is 11.5 Å². The van der Waals surface area contributed by atoms with Crippen LogP contribution in [0.5, 0.6) is 0 Å². The largest absolute Gasteiger partial charge is 0.477 e. The lowest BCUT2D eigenvalue weighted by Gasteiger charge is -2.23. The second kappa shape index (κ2) is 5.16. The molecule has 8 nitrogen and oxygen atoms in total. The van der Waals surface area contributed by atoms with Crippen molar-refractivity contribution in [3.63, 3.8) is 0 Å². The van der Waals surface area contributed by atoms with Crippen molar-refractivity contribution in [1.29, 1.82) is 0 Å². The normalized spacial score (nSPS) is 29.2. The van der Waals surface area contributed by atoms with Crippen LogP contribution in [-0.4, -0.2) is 54.8 Å².